The van der Waals surface area contributed by atoms with Gasteiger partial charge in [0.15, 0.2) is 5.82 Å². The van der Waals surface area contributed by atoms with Gasteiger partial charge in [-0.3, -0.25) is 9.78 Å². The number of methoxy groups -OCH3 is 1. The van der Waals surface area contributed by atoms with Crippen LogP contribution in [-0.2, 0) is 19.5 Å². The van der Waals surface area contributed by atoms with Gasteiger partial charge in [0.05, 0.1) is 31.5 Å². The van der Waals surface area contributed by atoms with Gasteiger partial charge >= 0.3 is 0 Å². The molecule has 1 aliphatic rings. The molecule has 4 aromatic rings. The number of aryl methyl sites for hydroxylation is 1. The highest BCUT2D eigenvalue weighted by Gasteiger charge is 2.30. The first kappa shape index (κ1) is 20.8. The summed E-state index contributed by atoms with van der Waals surface area (Å²) in [6.45, 7) is 3.49. The number of aromatic nitrogens is 5. The summed E-state index contributed by atoms with van der Waals surface area (Å²) < 4.78 is 7.58. The Morgan fingerprint density at radius 1 is 1.06 bits per heavy atom. The molecule has 4 aromatic heterocycles. The van der Waals surface area contributed by atoms with Gasteiger partial charge < -0.3 is 14.2 Å². The average molecular weight is 441 g/mol. The van der Waals surface area contributed by atoms with Crippen LogP contribution in [-0.4, -0.2) is 49.0 Å². The molecule has 5 rings (SSSR count). The van der Waals surface area contributed by atoms with E-state index in [0.29, 0.717) is 37.5 Å². The molecular formula is C25H24N6O2. The zero-order valence-corrected chi connectivity index (χ0v) is 18.6. The maximum Gasteiger partial charge on any atom is 0.256 e. The fourth-order valence-electron chi connectivity index (χ4n) is 4.09. The minimum atomic E-state index is -0.0106. The van der Waals surface area contributed by atoms with Crippen molar-refractivity contribution in [3.05, 3.63) is 89.3 Å². The van der Waals surface area contributed by atoms with E-state index in [-0.39, 0.29) is 5.91 Å². The normalized spacial score (nSPS) is 12.8. The molecule has 0 unspecified atom stereocenters. The molecule has 0 radical (unpaired) electrons. The van der Waals surface area contributed by atoms with E-state index in [2.05, 4.69) is 19.9 Å². The Labute approximate surface area is 191 Å². The lowest BCUT2D eigenvalue weighted by molar-refractivity contribution is 0.0779. The van der Waals surface area contributed by atoms with E-state index in [1.807, 2.05) is 65.1 Å². The van der Waals surface area contributed by atoms with Crippen LogP contribution in [0, 0.1) is 6.92 Å². The van der Waals surface area contributed by atoms with Gasteiger partial charge in [-0.05, 0) is 37.3 Å². The van der Waals surface area contributed by atoms with E-state index in [1.165, 1.54) is 0 Å². The smallest absolute Gasteiger partial charge is 0.256 e. The highest BCUT2D eigenvalue weighted by Crippen LogP contribution is 2.29. The van der Waals surface area contributed by atoms with Crippen molar-refractivity contribution < 1.29 is 9.53 Å². The Bertz CT molecular complexity index is 1300. The highest BCUT2D eigenvalue weighted by molar-refractivity contribution is 5.98. The van der Waals surface area contributed by atoms with Gasteiger partial charge in [-0.15, -0.1) is 0 Å². The summed E-state index contributed by atoms with van der Waals surface area (Å²) in [5.41, 5.74) is 4.88. The van der Waals surface area contributed by atoms with Crippen molar-refractivity contribution in [2.45, 2.75) is 26.4 Å². The lowest BCUT2D eigenvalue weighted by atomic mass is 10.1. The van der Waals surface area contributed by atoms with Crippen molar-refractivity contribution in [1.82, 2.24) is 29.4 Å². The van der Waals surface area contributed by atoms with Crippen LogP contribution >= 0.6 is 0 Å². The molecule has 0 atom stereocenters. The number of carbonyl (C=O) groups is 1. The van der Waals surface area contributed by atoms with Crippen molar-refractivity contribution in [2.75, 3.05) is 13.7 Å². The van der Waals surface area contributed by atoms with Crippen LogP contribution in [0.25, 0.3) is 11.5 Å². The number of rotatable bonds is 7. The second-order valence-corrected chi connectivity index (χ2v) is 7.99. The second kappa shape index (κ2) is 8.82. The quantitative estimate of drug-likeness (QED) is 0.438. The average Bonchev–Trinajstić information content (AvgIpc) is 3.42. The fraction of sp³-hybridized carbons (Fsp3) is 0.240. The first-order valence-corrected chi connectivity index (χ1v) is 10.8. The third kappa shape index (κ3) is 4.19. The van der Waals surface area contributed by atoms with Crippen LogP contribution in [0.4, 0.5) is 0 Å². The molecule has 5 heterocycles. The number of pyridine rings is 3. The Morgan fingerprint density at radius 3 is 2.76 bits per heavy atom. The monoisotopic (exact) mass is 440 g/mol. The highest BCUT2D eigenvalue weighted by atomic mass is 16.5. The van der Waals surface area contributed by atoms with E-state index in [0.717, 1.165) is 34.2 Å². The number of imidazole rings is 1. The molecule has 0 aliphatic carbocycles. The maximum absolute atomic E-state index is 13.1. The van der Waals surface area contributed by atoms with Gasteiger partial charge in [-0.1, -0.05) is 12.1 Å². The Kier molecular flexibility index (Phi) is 5.56. The van der Waals surface area contributed by atoms with Crippen LogP contribution < -0.4 is 4.74 Å². The third-order valence-electron chi connectivity index (χ3n) is 5.73. The van der Waals surface area contributed by atoms with E-state index in [1.54, 1.807) is 19.5 Å². The number of carbonyl (C=O) groups excluding carboxylic acids is 1. The Balaban J connectivity index is 1.39. The standard InChI is InChI=1S/C25H24N6O2/c1-17-6-5-8-21(28-17)23-27-11-13-30(23)15-18-14-20-22(29-24(18)33-2)16-31(25(20)32)12-9-19-7-3-4-10-26-19/h3-8,10-11,13-14H,9,12,15-16H2,1-2H3. The Hall–Kier alpha value is -4.07. The minimum absolute atomic E-state index is 0.0106. The molecule has 1 aliphatic heterocycles. The topological polar surface area (TPSA) is 86.0 Å². The summed E-state index contributed by atoms with van der Waals surface area (Å²) >= 11 is 0. The molecule has 8 heteroatoms. The second-order valence-electron chi connectivity index (χ2n) is 7.99. The fourth-order valence-corrected chi connectivity index (χ4v) is 4.09. The number of hydrogen-bond acceptors (Lipinski definition) is 6. The van der Waals surface area contributed by atoms with E-state index in [4.69, 9.17) is 4.74 Å². The van der Waals surface area contributed by atoms with Gasteiger partial charge in [0.1, 0.15) is 5.69 Å². The van der Waals surface area contributed by atoms with Crippen LogP contribution in [0.15, 0.2) is 61.1 Å². The summed E-state index contributed by atoms with van der Waals surface area (Å²) in [6, 6.07) is 13.6. The molecule has 0 spiro atoms. The molecule has 0 bridgehead atoms. The van der Waals surface area contributed by atoms with Gasteiger partial charge in [0, 0.05) is 48.5 Å². The molecule has 33 heavy (non-hydrogen) atoms. The summed E-state index contributed by atoms with van der Waals surface area (Å²) in [7, 11) is 1.60. The molecule has 1 amide bonds. The SMILES string of the molecule is COc1nc2c(cc1Cn1ccnc1-c1cccc(C)n1)C(=O)N(CCc1ccccn1)C2. The lowest BCUT2D eigenvalue weighted by Crippen LogP contribution is -2.26. The van der Waals surface area contributed by atoms with Crippen LogP contribution in [0.3, 0.4) is 0 Å². The van der Waals surface area contributed by atoms with Crippen molar-refractivity contribution >= 4 is 5.91 Å². The van der Waals surface area contributed by atoms with Crippen LogP contribution in [0.1, 0.15) is 33.0 Å². The molecule has 0 aromatic carbocycles. The van der Waals surface area contributed by atoms with Crippen LogP contribution in [0.2, 0.25) is 0 Å². The maximum atomic E-state index is 13.1. The summed E-state index contributed by atoms with van der Waals surface area (Å²) in [5.74, 6) is 1.26. The van der Waals surface area contributed by atoms with Gasteiger partial charge in [0.2, 0.25) is 5.88 Å². The minimum Gasteiger partial charge on any atom is -0.481 e. The predicted molar refractivity (Wildman–Crippen MR) is 123 cm³/mol. The predicted octanol–water partition coefficient (Wildman–Crippen LogP) is 3.30. The van der Waals surface area contributed by atoms with E-state index in [9.17, 15) is 4.79 Å². The lowest BCUT2D eigenvalue weighted by Gasteiger charge is -2.14. The zero-order chi connectivity index (χ0) is 22.8. The van der Waals surface area contributed by atoms with Gasteiger partial charge in [-0.25, -0.2) is 15.0 Å². The first-order chi connectivity index (χ1) is 16.1. The molecule has 8 nitrogen and oxygen atoms in total. The molecule has 0 N–H and O–H groups in total. The van der Waals surface area contributed by atoms with Crippen molar-refractivity contribution in [3.63, 3.8) is 0 Å². The van der Waals surface area contributed by atoms with Crippen molar-refractivity contribution in [2.24, 2.45) is 0 Å². The summed E-state index contributed by atoms with van der Waals surface area (Å²) in [6.07, 6.45) is 6.11. The number of ether oxygens (including phenoxy) is 1. The first-order valence-electron chi connectivity index (χ1n) is 10.8. The molecule has 0 fully saturated rings. The molecular weight excluding hydrogens is 416 g/mol. The van der Waals surface area contributed by atoms with Crippen molar-refractivity contribution in [3.8, 4) is 17.4 Å². The largest absolute Gasteiger partial charge is 0.481 e. The van der Waals surface area contributed by atoms with Crippen molar-refractivity contribution in [1.29, 1.82) is 0 Å². The number of hydrogen-bond donors (Lipinski definition) is 0. The summed E-state index contributed by atoms with van der Waals surface area (Å²) in [5, 5.41) is 0. The molecule has 166 valence electrons. The van der Waals surface area contributed by atoms with Gasteiger partial charge in [0.25, 0.3) is 5.91 Å². The van der Waals surface area contributed by atoms with Gasteiger partial charge in [-0.2, -0.15) is 0 Å². The van der Waals surface area contributed by atoms with E-state index >= 15 is 0 Å². The van der Waals surface area contributed by atoms with Crippen LogP contribution in [0.5, 0.6) is 5.88 Å². The number of nitrogens with zero attached hydrogens (tertiary/aromatic N) is 6. The Morgan fingerprint density at radius 2 is 1.97 bits per heavy atom. The number of fused-ring (bicyclic) bond motifs is 1. The number of amides is 1. The molecule has 0 saturated carbocycles. The zero-order valence-electron chi connectivity index (χ0n) is 18.6. The third-order valence-corrected chi connectivity index (χ3v) is 5.73. The summed E-state index contributed by atoms with van der Waals surface area (Å²) in [4.78, 5) is 33.0. The molecule has 0 saturated heterocycles. The van der Waals surface area contributed by atoms with E-state index < -0.39 is 0 Å².